The van der Waals surface area contributed by atoms with Crippen LogP contribution in [0.3, 0.4) is 0 Å². The number of nitrogens with one attached hydrogen (secondary N) is 1. The number of benzene rings is 1. The topological polar surface area (TPSA) is 114 Å². The highest BCUT2D eigenvalue weighted by atomic mass is 16.5. The predicted octanol–water partition coefficient (Wildman–Crippen LogP) is 3.56. The molecule has 1 aromatic carbocycles. The van der Waals surface area contributed by atoms with E-state index < -0.39 is 0 Å². The molecule has 3 aromatic heterocycles. The number of nitrogens with zero attached hydrogens (tertiary/aromatic N) is 7. The molecule has 37 heavy (non-hydrogen) atoms. The number of aryl methyl sites for hydroxylation is 1. The van der Waals surface area contributed by atoms with E-state index in [1.807, 2.05) is 31.2 Å². The van der Waals surface area contributed by atoms with Crippen molar-refractivity contribution in [1.29, 1.82) is 5.26 Å². The zero-order valence-corrected chi connectivity index (χ0v) is 20.9. The number of piperidine rings is 1. The molecule has 5 rings (SSSR count). The molecule has 0 atom stereocenters. The molecule has 0 bridgehead atoms. The maximum absolute atomic E-state index is 13.2. The van der Waals surface area contributed by atoms with Crippen LogP contribution in [0.4, 0.5) is 11.6 Å². The van der Waals surface area contributed by atoms with Crippen molar-refractivity contribution in [3.05, 3.63) is 76.7 Å². The molecule has 188 valence electrons. The van der Waals surface area contributed by atoms with Crippen LogP contribution >= 0.6 is 0 Å². The first-order valence-corrected chi connectivity index (χ1v) is 12.2. The van der Waals surface area contributed by atoms with Crippen molar-refractivity contribution < 1.29 is 4.74 Å². The van der Waals surface area contributed by atoms with Crippen LogP contribution < -0.4 is 15.6 Å². The highest BCUT2D eigenvalue weighted by molar-refractivity contribution is 5.77. The largest absolute Gasteiger partial charge is 0.474 e. The zero-order chi connectivity index (χ0) is 25.9. The van der Waals surface area contributed by atoms with E-state index in [0.717, 1.165) is 37.2 Å². The van der Waals surface area contributed by atoms with Crippen LogP contribution in [0.15, 0.2) is 60.0 Å². The normalized spacial score (nSPS) is 14.4. The number of nitriles is 1. The molecule has 4 aromatic rings. The fourth-order valence-corrected chi connectivity index (χ4v) is 4.47. The lowest BCUT2D eigenvalue weighted by Gasteiger charge is -2.29. The number of hydrogen-bond donors (Lipinski definition) is 1. The summed E-state index contributed by atoms with van der Waals surface area (Å²) in [5.74, 6) is 1.34. The van der Waals surface area contributed by atoms with Gasteiger partial charge in [-0.05, 0) is 56.6 Å². The van der Waals surface area contributed by atoms with Crippen molar-refractivity contribution in [3.63, 3.8) is 0 Å². The van der Waals surface area contributed by atoms with Crippen molar-refractivity contribution >= 4 is 22.7 Å². The summed E-state index contributed by atoms with van der Waals surface area (Å²) in [6.45, 7) is 7.91. The summed E-state index contributed by atoms with van der Waals surface area (Å²) in [7, 11) is 2.11. The molecule has 1 aliphatic heterocycles. The minimum Gasteiger partial charge on any atom is -0.474 e. The van der Waals surface area contributed by atoms with E-state index in [-0.39, 0.29) is 18.2 Å². The number of fused-ring (bicyclic) bond motifs is 1. The van der Waals surface area contributed by atoms with E-state index in [2.05, 4.69) is 39.9 Å². The summed E-state index contributed by atoms with van der Waals surface area (Å²) >= 11 is 0. The van der Waals surface area contributed by atoms with Gasteiger partial charge in [-0.15, -0.1) is 6.58 Å². The molecule has 0 amide bonds. The quantitative estimate of drug-likeness (QED) is 0.387. The van der Waals surface area contributed by atoms with Crippen LogP contribution in [0.2, 0.25) is 0 Å². The van der Waals surface area contributed by atoms with E-state index in [0.29, 0.717) is 34.2 Å². The third kappa shape index (κ3) is 4.94. The summed E-state index contributed by atoms with van der Waals surface area (Å²) in [4.78, 5) is 29.3. The first kappa shape index (κ1) is 24.2. The number of hydrogen-bond acceptors (Lipinski definition) is 8. The van der Waals surface area contributed by atoms with Crippen molar-refractivity contribution in [2.45, 2.75) is 32.4 Å². The van der Waals surface area contributed by atoms with Gasteiger partial charge in [-0.2, -0.15) is 15.2 Å². The summed E-state index contributed by atoms with van der Waals surface area (Å²) in [6, 6.07) is 13.1. The third-order valence-electron chi connectivity index (χ3n) is 6.46. The molecule has 1 fully saturated rings. The monoisotopic (exact) mass is 496 g/mol. The minimum absolute atomic E-state index is 0.102. The van der Waals surface area contributed by atoms with Gasteiger partial charge in [-0.25, -0.2) is 14.3 Å². The highest BCUT2D eigenvalue weighted by Crippen LogP contribution is 2.22. The molecule has 0 spiro atoms. The second kappa shape index (κ2) is 10.2. The minimum atomic E-state index is -0.237. The second-order valence-corrected chi connectivity index (χ2v) is 9.14. The number of rotatable bonds is 7. The molecule has 0 aliphatic carbocycles. The van der Waals surface area contributed by atoms with Gasteiger partial charge in [0.1, 0.15) is 11.5 Å². The number of ether oxygens (including phenoxy) is 1. The Hall–Kier alpha value is -4.49. The van der Waals surface area contributed by atoms with Gasteiger partial charge in [-0.3, -0.25) is 4.79 Å². The molecule has 1 saturated heterocycles. The molecule has 1 N–H and O–H groups in total. The Balaban J connectivity index is 1.53. The summed E-state index contributed by atoms with van der Waals surface area (Å²) in [6.07, 6.45) is 5.14. The van der Waals surface area contributed by atoms with Gasteiger partial charge < -0.3 is 15.0 Å². The van der Waals surface area contributed by atoms with Crippen LogP contribution in [-0.4, -0.2) is 55.5 Å². The summed E-state index contributed by atoms with van der Waals surface area (Å²) in [5, 5.41) is 12.7. The number of allylic oxidation sites excluding steroid dienone is 1. The zero-order valence-electron chi connectivity index (χ0n) is 20.9. The highest BCUT2D eigenvalue weighted by Gasteiger charge is 2.21. The Labute approximate surface area is 214 Å². The van der Waals surface area contributed by atoms with Crippen LogP contribution in [-0.2, 0) is 6.54 Å². The van der Waals surface area contributed by atoms with Crippen molar-refractivity contribution in [2.24, 2.45) is 0 Å². The van der Waals surface area contributed by atoms with Crippen molar-refractivity contribution in [2.75, 3.05) is 25.5 Å². The average Bonchev–Trinajstić information content (AvgIpc) is 3.16. The standard InChI is InChI=1S/C27H28N8O2/c1-4-12-34-26(36)22-17-29-27(30-20-9-8-19(16-28)18(2)15-20)32-25(22)35(34)23-6-5-7-24(31-23)37-21-10-13-33(3)14-11-21/h4-9,15,17,21H,1,10-14H2,2-3H3,(H,29,30,32). The number of pyridine rings is 1. The first-order valence-electron chi connectivity index (χ1n) is 12.2. The molecule has 4 heterocycles. The summed E-state index contributed by atoms with van der Waals surface area (Å²) in [5.41, 5.74) is 2.36. The Morgan fingerprint density at radius 3 is 2.78 bits per heavy atom. The molecule has 10 nitrogen and oxygen atoms in total. The Kier molecular flexibility index (Phi) is 6.70. The van der Waals surface area contributed by atoms with Gasteiger partial charge in [-0.1, -0.05) is 12.1 Å². The molecular weight excluding hydrogens is 468 g/mol. The lowest BCUT2D eigenvalue weighted by molar-refractivity contribution is 0.110. The molecule has 1 aliphatic rings. The van der Waals surface area contributed by atoms with Crippen LogP contribution in [0.5, 0.6) is 5.88 Å². The first-order chi connectivity index (χ1) is 18.0. The fourth-order valence-electron chi connectivity index (χ4n) is 4.47. The Morgan fingerprint density at radius 2 is 2.05 bits per heavy atom. The van der Waals surface area contributed by atoms with E-state index in [1.54, 1.807) is 22.9 Å². The summed E-state index contributed by atoms with van der Waals surface area (Å²) < 4.78 is 9.40. The van der Waals surface area contributed by atoms with Gasteiger partial charge in [0.25, 0.3) is 5.56 Å². The van der Waals surface area contributed by atoms with Crippen molar-refractivity contribution in [3.8, 4) is 17.8 Å². The van der Waals surface area contributed by atoms with Gasteiger partial charge in [0.05, 0.1) is 18.2 Å². The van der Waals surface area contributed by atoms with Gasteiger partial charge >= 0.3 is 0 Å². The number of likely N-dealkylation sites (tertiary alicyclic amines) is 1. The SMILES string of the molecule is C=CCn1c(=O)c2cnc(Nc3ccc(C#N)c(C)c3)nc2n1-c1cccc(OC2CCN(C)CC2)n1. The number of anilines is 2. The van der Waals surface area contributed by atoms with E-state index in [9.17, 15) is 10.1 Å². The maximum Gasteiger partial charge on any atom is 0.278 e. The number of aromatic nitrogens is 5. The van der Waals surface area contributed by atoms with Gasteiger partial charge in [0.15, 0.2) is 11.5 Å². The predicted molar refractivity (Wildman–Crippen MR) is 141 cm³/mol. The lowest BCUT2D eigenvalue weighted by Crippen LogP contribution is -2.35. The molecule has 0 radical (unpaired) electrons. The molecule has 0 unspecified atom stereocenters. The van der Waals surface area contributed by atoms with Gasteiger partial charge in [0.2, 0.25) is 11.8 Å². The second-order valence-electron chi connectivity index (χ2n) is 9.14. The van der Waals surface area contributed by atoms with E-state index in [1.165, 1.54) is 10.9 Å². The van der Waals surface area contributed by atoms with E-state index >= 15 is 0 Å². The van der Waals surface area contributed by atoms with E-state index in [4.69, 9.17) is 9.72 Å². The van der Waals surface area contributed by atoms with Crippen LogP contribution in [0.1, 0.15) is 24.0 Å². The molecule has 0 saturated carbocycles. The van der Waals surface area contributed by atoms with Crippen LogP contribution in [0.25, 0.3) is 16.9 Å². The third-order valence-corrected chi connectivity index (χ3v) is 6.46. The average molecular weight is 497 g/mol. The fraction of sp³-hybridized carbons (Fsp3) is 0.296. The molecule has 10 heteroatoms. The van der Waals surface area contributed by atoms with Crippen LogP contribution in [0, 0.1) is 18.3 Å². The van der Waals surface area contributed by atoms with Gasteiger partial charge in [0, 0.05) is 31.0 Å². The lowest BCUT2D eigenvalue weighted by atomic mass is 10.1. The smallest absolute Gasteiger partial charge is 0.278 e. The Bertz CT molecular complexity index is 1560. The molecular formula is C27H28N8O2. The Morgan fingerprint density at radius 1 is 1.24 bits per heavy atom. The van der Waals surface area contributed by atoms with Crippen molar-refractivity contribution in [1.82, 2.24) is 29.2 Å². The maximum atomic E-state index is 13.2.